The summed E-state index contributed by atoms with van der Waals surface area (Å²) in [6.45, 7) is 9.51. The van der Waals surface area contributed by atoms with Crippen LogP contribution in [0.15, 0.2) is 11.6 Å². The summed E-state index contributed by atoms with van der Waals surface area (Å²) >= 11 is 0. The minimum atomic E-state index is -1.82. The van der Waals surface area contributed by atoms with Crippen LogP contribution in [0.25, 0.3) is 0 Å². The number of hydrogen-bond acceptors (Lipinski definition) is 18. The first-order valence-electron chi connectivity index (χ1n) is 23.9. The lowest BCUT2D eigenvalue weighted by Crippen LogP contribution is -2.67. The molecule has 1 spiro atoms. The van der Waals surface area contributed by atoms with Gasteiger partial charge in [0.25, 0.3) is 0 Å². The number of aliphatic hydroxyl groups is 9. The highest BCUT2D eigenvalue weighted by molar-refractivity contribution is 5.26. The lowest BCUT2D eigenvalue weighted by atomic mass is 9.47. The van der Waals surface area contributed by atoms with E-state index < -0.39 is 117 Å². The van der Waals surface area contributed by atoms with Gasteiger partial charge in [-0.1, -0.05) is 39.3 Å². The van der Waals surface area contributed by atoms with Crippen LogP contribution in [0.5, 0.6) is 0 Å². The Labute approximate surface area is 375 Å². The lowest BCUT2D eigenvalue weighted by molar-refractivity contribution is -0.389. The fourth-order valence-corrected chi connectivity index (χ4v) is 14.3. The Hall–Kier alpha value is -0.980. The molecule has 0 bridgehead atoms. The van der Waals surface area contributed by atoms with Gasteiger partial charge in [0.1, 0.15) is 67.1 Å². The van der Waals surface area contributed by atoms with Crippen LogP contribution in [-0.2, 0) is 42.6 Å². The Kier molecular flexibility index (Phi) is 13.6. The minimum Gasteiger partial charge on any atom is -0.394 e. The van der Waals surface area contributed by atoms with Crippen molar-refractivity contribution in [3.05, 3.63) is 11.6 Å². The van der Waals surface area contributed by atoms with Crippen molar-refractivity contribution in [1.29, 1.82) is 0 Å². The molecule has 0 aromatic heterocycles. The van der Waals surface area contributed by atoms with Crippen molar-refractivity contribution in [2.75, 3.05) is 20.3 Å². The van der Waals surface area contributed by atoms with E-state index in [1.54, 1.807) is 7.11 Å². The lowest BCUT2D eigenvalue weighted by Gasteiger charge is -2.59. The Morgan fingerprint density at radius 1 is 0.656 bits per heavy atom. The second kappa shape index (κ2) is 18.1. The SMILES string of the molecule is CO[C@@H]1O[C@]2(CC[C@H]1C)O[C@H]1C[C@H]3[C@@H]4CC=C5C[C@@H](O[C@@H]6O[C@H](CO)[C@@H](O[C@@H]7O[C@H](CO)[C@@H](O)[C@H](O)[C@H]7O)[C@H](O)[C@H]6O[C@@H]6O[C@@H](C)[C@H](O)[C@@H](O)[C@H]6O)CC[C@]5(C)[C@H]4CC[C@]3(C)[C@H]1[C@@H]2C. The van der Waals surface area contributed by atoms with Gasteiger partial charge in [-0.2, -0.15) is 0 Å². The first-order chi connectivity index (χ1) is 30.4. The van der Waals surface area contributed by atoms with Crippen molar-refractivity contribution in [2.45, 2.75) is 209 Å². The highest BCUT2D eigenvalue weighted by atomic mass is 16.8. The largest absolute Gasteiger partial charge is 0.394 e. The Morgan fingerprint density at radius 3 is 2.03 bits per heavy atom. The average molecular weight is 915 g/mol. The Morgan fingerprint density at radius 2 is 1.33 bits per heavy atom. The third-order valence-electron chi connectivity index (χ3n) is 18.1. The molecular formula is C46H74O18. The standard InChI is InChI=1S/C46H74O18/c1-19-9-14-46(64-40(19)56-6)20(2)30-27(63-46)16-26-24-8-7-22-15-23(10-12-44(22,4)25(24)11-13-45(26,30)5)58-43-39(62-41-35(53)33(51)31(49)21(3)57-41)37(55)38(29(18-48)60-43)61-42-36(54)34(52)32(50)28(17-47)59-42/h7,19-21,23-43,47-55H,8-18H2,1-6H3/t19-,20+,21+,23+,24-,25+,26+,27+,28-,29-,30+,31+,32-,33-,34+,35-,36-,37+,38-,39-,40-,41+,42+,43-,44+,45+,46+/m1/s1. The number of aliphatic hydroxyl groups excluding tert-OH is 9. The number of hydrogen-bond donors (Lipinski definition) is 9. The molecule has 0 aromatic carbocycles. The molecule has 9 rings (SSSR count). The molecule has 18 heteroatoms. The summed E-state index contributed by atoms with van der Waals surface area (Å²) in [4.78, 5) is 0. The maximum absolute atomic E-state index is 12.0. The maximum atomic E-state index is 12.0. The second-order valence-electron chi connectivity index (χ2n) is 21.4. The van der Waals surface area contributed by atoms with E-state index in [1.807, 2.05) is 0 Å². The summed E-state index contributed by atoms with van der Waals surface area (Å²) in [6.07, 6.45) is -12.9. The van der Waals surface area contributed by atoms with E-state index in [2.05, 4.69) is 33.8 Å². The number of rotatable bonds is 9. The quantitative estimate of drug-likeness (QED) is 0.140. The molecule has 3 saturated carbocycles. The summed E-state index contributed by atoms with van der Waals surface area (Å²) in [5.41, 5.74) is 1.39. The molecule has 9 N–H and O–H groups in total. The molecule has 0 radical (unpaired) electrons. The van der Waals surface area contributed by atoms with Crippen LogP contribution in [0.3, 0.4) is 0 Å². The van der Waals surface area contributed by atoms with Crippen LogP contribution in [0.4, 0.5) is 0 Å². The zero-order valence-electron chi connectivity index (χ0n) is 37.9. The molecule has 366 valence electrons. The van der Waals surface area contributed by atoms with E-state index >= 15 is 0 Å². The van der Waals surface area contributed by atoms with Crippen LogP contribution in [-0.4, -0.2) is 183 Å². The van der Waals surface area contributed by atoms with Crippen LogP contribution in [0, 0.1) is 46.3 Å². The number of fused-ring (bicyclic) bond motifs is 7. The fraction of sp³-hybridized carbons (Fsp3) is 0.957. The average Bonchev–Trinajstić information content (AvgIpc) is 3.73. The van der Waals surface area contributed by atoms with Gasteiger partial charge in [-0.3, -0.25) is 0 Å². The molecule has 4 aliphatic carbocycles. The van der Waals surface area contributed by atoms with Gasteiger partial charge in [0, 0.05) is 25.4 Å². The van der Waals surface area contributed by atoms with E-state index in [0.29, 0.717) is 42.4 Å². The fourth-order valence-electron chi connectivity index (χ4n) is 14.3. The molecule has 5 heterocycles. The van der Waals surface area contributed by atoms with Gasteiger partial charge >= 0.3 is 0 Å². The summed E-state index contributed by atoms with van der Waals surface area (Å²) in [5, 5.41) is 95.8. The van der Waals surface area contributed by atoms with Crippen LogP contribution in [0.2, 0.25) is 0 Å². The van der Waals surface area contributed by atoms with E-state index in [4.69, 9.17) is 42.6 Å². The van der Waals surface area contributed by atoms with Gasteiger partial charge in [-0.25, -0.2) is 0 Å². The van der Waals surface area contributed by atoms with E-state index in [0.717, 1.165) is 44.9 Å². The molecule has 5 aliphatic heterocycles. The van der Waals surface area contributed by atoms with Crippen molar-refractivity contribution in [2.24, 2.45) is 46.3 Å². The van der Waals surface area contributed by atoms with Crippen molar-refractivity contribution < 1.29 is 88.6 Å². The summed E-state index contributed by atoms with van der Waals surface area (Å²) in [5.74, 6) is 1.91. The van der Waals surface area contributed by atoms with Crippen LogP contribution in [0.1, 0.15) is 92.4 Å². The third-order valence-corrected chi connectivity index (χ3v) is 18.1. The predicted molar refractivity (Wildman–Crippen MR) is 220 cm³/mol. The molecule has 0 unspecified atom stereocenters. The number of ether oxygens (including phenoxy) is 9. The molecule has 8 fully saturated rings. The van der Waals surface area contributed by atoms with E-state index in [1.165, 1.54) is 12.5 Å². The van der Waals surface area contributed by atoms with Gasteiger partial charge in [0.15, 0.2) is 30.9 Å². The molecule has 5 saturated heterocycles. The topological polar surface area (TPSA) is 265 Å². The summed E-state index contributed by atoms with van der Waals surface area (Å²) in [6, 6.07) is 0. The molecule has 0 amide bonds. The zero-order chi connectivity index (χ0) is 45.8. The molecule has 18 nitrogen and oxygen atoms in total. The monoisotopic (exact) mass is 914 g/mol. The second-order valence-corrected chi connectivity index (χ2v) is 21.4. The van der Waals surface area contributed by atoms with Gasteiger partial charge in [-0.15, -0.1) is 0 Å². The van der Waals surface area contributed by atoms with Crippen molar-refractivity contribution in [3.8, 4) is 0 Å². The molecule has 64 heavy (non-hydrogen) atoms. The first-order valence-corrected chi connectivity index (χ1v) is 23.9. The predicted octanol–water partition coefficient (Wildman–Crippen LogP) is 0.187. The van der Waals surface area contributed by atoms with Crippen LogP contribution < -0.4 is 0 Å². The smallest absolute Gasteiger partial charge is 0.187 e. The third kappa shape index (κ3) is 7.79. The summed E-state index contributed by atoms with van der Waals surface area (Å²) in [7, 11) is 1.72. The first kappa shape index (κ1) is 48.1. The number of methoxy groups -OCH3 is 1. The van der Waals surface area contributed by atoms with Gasteiger partial charge in [0.05, 0.1) is 31.5 Å². The molecule has 0 aromatic rings. The minimum absolute atomic E-state index is 0.0578. The maximum Gasteiger partial charge on any atom is 0.187 e. The van der Waals surface area contributed by atoms with Crippen molar-refractivity contribution in [3.63, 3.8) is 0 Å². The highest BCUT2D eigenvalue weighted by Gasteiger charge is 2.69. The number of allylic oxidation sites excluding steroid dienone is 1. The van der Waals surface area contributed by atoms with Crippen LogP contribution >= 0.6 is 0 Å². The Bertz CT molecular complexity index is 1670. The van der Waals surface area contributed by atoms with E-state index in [9.17, 15) is 46.0 Å². The zero-order valence-corrected chi connectivity index (χ0v) is 37.9. The highest BCUT2D eigenvalue weighted by Crippen LogP contribution is 2.71. The van der Waals surface area contributed by atoms with Crippen molar-refractivity contribution in [1.82, 2.24) is 0 Å². The van der Waals surface area contributed by atoms with Gasteiger partial charge < -0.3 is 88.6 Å². The Balaban J connectivity index is 0.914. The van der Waals surface area contributed by atoms with Gasteiger partial charge in [0.2, 0.25) is 0 Å². The molecular weight excluding hydrogens is 840 g/mol. The molecule has 9 aliphatic rings. The van der Waals surface area contributed by atoms with Crippen molar-refractivity contribution >= 4 is 0 Å². The van der Waals surface area contributed by atoms with Gasteiger partial charge in [-0.05, 0) is 92.8 Å². The van der Waals surface area contributed by atoms with E-state index in [-0.39, 0.29) is 29.1 Å². The summed E-state index contributed by atoms with van der Waals surface area (Å²) < 4.78 is 55.9. The normalized spacial score (nSPS) is 57.4. The molecule has 27 atom stereocenters.